The van der Waals surface area contributed by atoms with E-state index in [2.05, 4.69) is 31.9 Å². The molecule has 0 aliphatic rings. The molecule has 53 heavy (non-hydrogen) atoms. The molecule has 0 aliphatic heterocycles. The van der Waals surface area contributed by atoms with Crippen molar-refractivity contribution in [3.8, 4) is 5.75 Å². The quantitative estimate of drug-likeness (QED) is 0.0555. The second kappa shape index (κ2) is 21.2. The molecule has 0 aromatic heterocycles. The van der Waals surface area contributed by atoms with Crippen LogP contribution in [-0.2, 0) is 44.8 Å². The average molecular weight is 756 g/mol. The molecule has 1 aromatic rings. The Bertz CT molecular complexity index is 1470. The predicted octanol–water partition coefficient (Wildman–Crippen LogP) is -7.31. The van der Waals surface area contributed by atoms with E-state index >= 15 is 0 Å². The zero-order chi connectivity index (χ0) is 40.7. The van der Waals surface area contributed by atoms with E-state index in [0.717, 1.165) is 13.8 Å². The molecule has 0 saturated heterocycles. The van der Waals surface area contributed by atoms with Crippen LogP contribution in [-0.4, -0.2) is 140 Å². The van der Waals surface area contributed by atoms with E-state index in [1.807, 2.05) is 0 Å². The summed E-state index contributed by atoms with van der Waals surface area (Å²) in [5.41, 5.74) is 16.4. The molecule has 0 bridgehead atoms. The summed E-state index contributed by atoms with van der Waals surface area (Å²) in [6, 6.07) is -6.00. The molecule has 0 spiro atoms. The zero-order valence-corrected chi connectivity index (χ0v) is 29.4. The van der Waals surface area contributed by atoms with Crippen molar-refractivity contribution in [2.45, 2.75) is 101 Å². The average Bonchev–Trinajstić information content (AvgIpc) is 3.06. The Hall–Kier alpha value is -5.42. The number of hydrogen-bond acceptors (Lipinski definition) is 14. The molecule has 0 saturated carbocycles. The summed E-state index contributed by atoms with van der Waals surface area (Å²) >= 11 is 0. The first-order valence-corrected chi connectivity index (χ1v) is 16.2. The third-order valence-electron chi connectivity index (χ3n) is 7.49. The minimum atomic E-state index is -1.91. The summed E-state index contributed by atoms with van der Waals surface area (Å²) < 4.78 is 0. The van der Waals surface area contributed by atoms with Gasteiger partial charge in [0, 0.05) is 6.42 Å². The lowest BCUT2D eigenvalue weighted by molar-refractivity contribution is -0.139. The fourth-order valence-corrected chi connectivity index (χ4v) is 4.51. The maximum Gasteiger partial charge on any atom is 0.245 e. The van der Waals surface area contributed by atoms with Crippen molar-refractivity contribution in [3.63, 3.8) is 0 Å². The number of nitrogens with two attached hydrogens (primary N) is 3. The molecule has 0 fully saturated rings. The van der Waals surface area contributed by atoms with Crippen LogP contribution < -0.4 is 49.1 Å². The summed E-state index contributed by atoms with van der Waals surface area (Å²) in [6.45, 7) is 3.70. The van der Waals surface area contributed by atoms with Gasteiger partial charge in [-0.3, -0.25) is 38.4 Å². The van der Waals surface area contributed by atoms with Gasteiger partial charge in [0.15, 0.2) is 0 Å². The topological polar surface area (TPSA) is 388 Å². The number of aliphatic hydroxyl groups excluding tert-OH is 4. The van der Waals surface area contributed by atoms with Gasteiger partial charge in [-0.15, -0.1) is 0 Å². The van der Waals surface area contributed by atoms with Gasteiger partial charge in [0.25, 0.3) is 0 Å². The molecule has 17 N–H and O–H groups in total. The molecule has 0 heterocycles. The third kappa shape index (κ3) is 15.0. The standard InChI is InChI=1S/C31H49N9O13/c1-12(32)26(48)37-20(11-41)29(51)39-24(15(4)44)31(53)40-23(14(3)43)30(52)36-19(10-21(33)46)27(49)35-18(9-16-5-7-17(45)8-6-16)28(50)38-22(13(2)42)25(34)47/h5-8,12-15,18-20,22-24,41-45H,9-11,32H2,1-4H3,(H2,33,46)(H2,34,47)(H,35,49)(H,36,52)(H,37,48)(H,38,50)(H,39,51)(H,40,53)/t12-,13?,14?,15?,18-,19-,20-,22-,23-,24-/m0/s1. The van der Waals surface area contributed by atoms with Gasteiger partial charge in [-0.2, -0.15) is 0 Å². The maximum absolute atomic E-state index is 13.5. The van der Waals surface area contributed by atoms with Crippen LogP contribution in [0.15, 0.2) is 24.3 Å². The Morgan fingerprint density at radius 1 is 0.585 bits per heavy atom. The van der Waals surface area contributed by atoms with Gasteiger partial charge in [0.05, 0.1) is 37.4 Å². The molecule has 1 aromatic carbocycles. The van der Waals surface area contributed by atoms with Crippen molar-refractivity contribution in [1.29, 1.82) is 0 Å². The molecule has 10 atom stereocenters. The normalized spacial score (nSPS) is 16.7. The minimum Gasteiger partial charge on any atom is -0.508 e. The van der Waals surface area contributed by atoms with Gasteiger partial charge in [-0.05, 0) is 45.4 Å². The number of phenols is 1. The molecule has 1 rings (SSSR count). The van der Waals surface area contributed by atoms with E-state index < -0.39 is 121 Å². The lowest BCUT2D eigenvalue weighted by Gasteiger charge is -2.29. The molecule has 3 unspecified atom stereocenters. The Balaban J connectivity index is 3.30. The largest absolute Gasteiger partial charge is 0.508 e. The Morgan fingerprint density at radius 2 is 0.981 bits per heavy atom. The molecule has 8 amide bonds. The first-order valence-electron chi connectivity index (χ1n) is 16.2. The number of carbonyl (C=O) groups excluding carboxylic acids is 8. The summed E-state index contributed by atoms with van der Waals surface area (Å²) in [7, 11) is 0. The molecule has 0 aliphatic carbocycles. The number of carbonyl (C=O) groups is 8. The van der Waals surface area contributed by atoms with Crippen molar-refractivity contribution in [3.05, 3.63) is 29.8 Å². The fourth-order valence-electron chi connectivity index (χ4n) is 4.51. The molecule has 22 heteroatoms. The first-order chi connectivity index (χ1) is 24.6. The second-order valence-electron chi connectivity index (χ2n) is 12.3. The van der Waals surface area contributed by atoms with E-state index in [0.29, 0.717) is 5.56 Å². The van der Waals surface area contributed by atoms with Gasteiger partial charge in [0.1, 0.15) is 42.0 Å². The van der Waals surface area contributed by atoms with Crippen LogP contribution in [0.1, 0.15) is 39.7 Å². The van der Waals surface area contributed by atoms with E-state index in [1.54, 1.807) is 0 Å². The summed E-state index contributed by atoms with van der Waals surface area (Å²) in [5.74, 6) is -9.01. The van der Waals surface area contributed by atoms with Crippen LogP contribution in [0.4, 0.5) is 0 Å². The van der Waals surface area contributed by atoms with Crippen molar-refractivity contribution in [2.24, 2.45) is 17.2 Å². The number of benzene rings is 1. The van der Waals surface area contributed by atoms with Crippen LogP contribution in [0.25, 0.3) is 0 Å². The molecule has 22 nitrogen and oxygen atoms in total. The van der Waals surface area contributed by atoms with Gasteiger partial charge >= 0.3 is 0 Å². The maximum atomic E-state index is 13.5. The number of phenolic OH excluding ortho intramolecular Hbond substituents is 1. The Labute approximate surface area is 303 Å². The summed E-state index contributed by atoms with van der Waals surface area (Å²) in [4.78, 5) is 102. The zero-order valence-electron chi connectivity index (χ0n) is 29.4. The van der Waals surface area contributed by atoms with E-state index in [9.17, 15) is 63.9 Å². The smallest absolute Gasteiger partial charge is 0.245 e. The Kier molecular flexibility index (Phi) is 18.2. The number of aliphatic hydroxyl groups is 4. The number of aromatic hydroxyl groups is 1. The number of nitrogens with one attached hydrogen (secondary N) is 6. The molecular weight excluding hydrogens is 706 g/mol. The van der Waals surface area contributed by atoms with Gasteiger partial charge in [-0.1, -0.05) is 12.1 Å². The van der Waals surface area contributed by atoms with Crippen LogP contribution in [0.3, 0.4) is 0 Å². The van der Waals surface area contributed by atoms with E-state index in [1.165, 1.54) is 38.1 Å². The van der Waals surface area contributed by atoms with E-state index in [4.69, 9.17) is 17.2 Å². The number of primary amides is 2. The minimum absolute atomic E-state index is 0.118. The summed E-state index contributed by atoms with van der Waals surface area (Å²) in [5, 5.41) is 62.7. The highest BCUT2D eigenvalue weighted by Gasteiger charge is 2.36. The molecule has 0 radical (unpaired) electrons. The predicted molar refractivity (Wildman–Crippen MR) is 182 cm³/mol. The van der Waals surface area contributed by atoms with Crippen molar-refractivity contribution < 1.29 is 63.9 Å². The molecular formula is C31H49N9O13. The highest BCUT2D eigenvalue weighted by Crippen LogP contribution is 2.12. The lowest BCUT2D eigenvalue weighted by Crippen LogP contribution is -2.63. The number of amides is 8. The van der Waals surface area contributed by atoms with Gasteiger partial charge in [0.2, 0.25) is 47.3 Å². The number of hydrogen-bond donors (Lipinski definition) is 14. The van der Waals surface area contributed by atoms with Crippen molar-refractivity contribution >= 4 is 47.3 Å². The molecule has 296 valence electrons. The first kappa shape index (κ1) is 45.6. The van der Waals surface area contributed by atoms with Crippen molar-refractivity contribution in [2.75, 3.05) is 6.61 Å². The van der Waals surface area contributed by atoms with Crippen LogP contribution in [0, 0.1) is 0 Å². The Morgan fingerprint density at radius 3 is 1.42 bits per heavy atom. The lowest BCUT2D eigenvalue weighted by atomic mass is 10.0. The third-order valence-corrected chi connectivity index (χ3v) is 7.49. The van der Waals surface area contributed by atoms with Gasteiger partial charge < -0.3 is 74.6 Å². The van der Waals surface area contributed by atoms with Gasteiger partial charge in [-0.25, -0.2) is 0 Å². The van der Waals surface area contributed by atoms with E-state index in [-0.39, 0.29) is 12.2 Å². The van der Waals surface area contributed by atoms with Crippen LogP contribution in [0.2, 0.25) is 0 Å². The van der Waals surface area contributed by atoms with Crippen LogP contribution >= 0.6 is 0 Å². The highest BCUT2D eigenvalue weighted by molar-refractivity contribution is 5.98. The summed E-state index contributed by atoms with van der Waals surface area (Å²) in [6.07, 6.45) is -5.96. The second-order valence-corrected chi connectivity index (χ2v) is 12.3. The van der Waals surface area contributed by atoms with Crippen molar-refractivity contribution in [1.82, 2.24) is 31.9 Å². The SMILES string of the molecule is CC(O)[C@H](NC(=O)[C@H](Cc1ccc(O)cc1)NC(=O)[C@H](CC(N)=O)NC(=O)[C@@H](NC(=O)[C@@H](NC(=O)[C@H](CO)NC(=O)[C@H](C)N)C(C)O)C(C)O)C(N)=O. The van der Waals surface area contributed by atoms with Crippen LogP contribution in [0.5, 0.6) is 5.75 Å². The monoisotopic (exact) mass is 755 g/mol. The highest BCUT2D eigenvalue weighted by atomic mass is 16.3. The number of rotatable bonds is 21. The fraction of sp³-hybridized carbons (Fsp3) is 0.548.